The minimum Gasteiger partial charge on any atom is -0.480 e. The number of carboxylic acids is 1. The monoisotopic (exact) mass is 292 g/mol. The summed E-state index contributed by atoms with van der Waals surface area (Å²) in [5.74, 6) is -1.48. The molecule has 0 unspecified atom stereocenters. The van der Waals surface area contributed by atoms with E-state index in [4.69, 9.17) is 4.74 Å². The van der Waals surface area contributed by atoms with E-state index in [0.717, 1.165) is 0 Å². The molecule has 1 aromatic heterocycles. The predicted octanol–water partition coefficient (Wildman–Crippen LogP) is 3.02. The molecule has 0 saturated carbocycles. The Balaban J connectivity index is 2.76. The van der Waals surface area contributed by atoms with Crippen molar-refractivity contribution in [2.75, 3.05) is 7.11 Å². The number of benzene rings is 1. The van der Waals surface area contributed by atoms with Crippen LogP contribution in [0.3, 0.4) is 0 Å². The first-order valence-corrected chi connectivity index (χ1v) is 6.42. The van der Waals surface area contributed by atoms with Crippen LogP contribution in [0.2, 0.25) is 0 Å². The average Bonchev–Trinajstić information content (AvgIpc) is 2.78. The van der Waals surface area contributed by atoms with Gasteiger partial charge in [0.05, 0.1) is 18.5 Å². The number of hydrogen-bond acceptors (Lipinski definition) is 3. The van der Waals surface area contributed by atoms with Crippen LogP contribution in [0.1, 0.15) is 36.8 Å². The van der Waals surface area contributed by atoms with Crippen molar-refractivity contribution in [1.82, 2.24) is 9.78 Å². The van der Waals surface area contributed by atoms with Crippen LogP contribution >= 0.6 is 0 Å². The standard InChI is InChI=1S/C15H17FN2O3/c1-15(2,3)12-11(14(19)20)13(21-4)18(17-12)10-7-5-6-9(16)8-10/h5-8H,1-4H3,(H,19,20). The summed E-state index contributed by atoms with van der Waals surface area (Å²) in [6, 6.07) is 5.75. The van der Waals surface area contributed by atoms with Gasteiger partial charge in [-0.25, -0.2) is 9.18 Å². The van der Waals surface area contributed by atoms with Crippen LogP contribution in [0.4, 0.5) is 4.39 Å². The van der Waals surface area contributed by atoms with E-state index in [1.165, 1.54) is 30.0 Å². The van der Waals surface area contributed by atoms with Gasteiger partial charge in [0.25, 0.3) is 0 Å². The first-order chi connectivity index (χ1) is 9.75. The summed E-state index contributed by atoms with van der Waals surface area (Å²) in [4.78, 5) is 11.6. The molecular weight excluding hydrogens is 275 g/mol. The number of hydrogen-bond donors (Lipinski definition) is 1. The highest BCUT2D eigenvalue weighted by atomic mass is 19.1. The summed E-state index contributed by atoms with van der Waals surface area (Å²) in [7, 11) is 1.37. The van der Waals surface area contributed by atoms with Crippen molar-refractivity contribution in [3.05, 3.63) is 41.3 Å². The lowest BCUT2D eigenvalue weighted by Gasteiger charge is -2.15. The number of ether oxygens (including phenoxy) is 1. The second-order valence-corrected chi connectivity index (χ2v) is 5.68. The van der Waals surface area contributed by atoms with Gasteiger partial charge in [-0.1, -0.05) is 26.8 Å². The number of halogens is 1. The van der Waals surface area contributed by atoms with E-state index in [2.05, 4.69) is 5.10 Å². The SMILES string of the molecule is COc1c(C(=O)O)c(C(C)(C)C)nn1-c1cccc(F)c1. The molecule has 0 aliphatic carbocycles. The predicted molar refractivity (Wildman–Crippen MR) is 75.7 cm³/mol. The Morgan fingerprint density at radius 1 is 1.38 bits per heavy atom. The molecule has 21 heavy (non-hydrogen) atoms. The van der Waals surface area contributed by atoms with Gasteiger partial charge in [-0.05, 0) is 18.2 Å². The minimum atomic E-state index is -1.13. The number of carbonyl (C=O) groups is 1. The fourth-order valence-electron chi connectivity index (χ4n) is 2.09. The largest absolute Gasteiger partial charge is 0.480 e. The van der Waals surface area contributed by atoms with Crippen molar-refractivity contribution in [1.29, 1.82) is 0 Å². The quantitative estimate of drug-likeness (QED) is 0.944. The van der Waals surface area contributed by atoms with Crippen LogP contribution in [0.5, 0.6) is 5.88 Å². The Bertz CT molecular complexity index is 687. The van der Waals surface area contributed by atoms with Gasteiger partial charge in [0.15, 0.2) is 0 Å². The zero-order valence-electron chi connectivity index (χ0n) is 12.3. The molecule has 2 aromatic rings. The third-order valence-corrected chi connectivity index (χ3v) is 3.01. The number of aromatic nitrogens is 2. The van der Waals surface area contributed by atoms with Gasteiger partial charge in [-0.15, -0.1) is 0 Å². The lowest BCUT2D eigenvalue weighted by molar-refractivity contribution is 0.0690. The molecular formula is C15H17FN2O3. The van der Waals surface area contributed by atoms with Gasteiger partial charge in [0.1, 0.15) is 11.4 Å². The maximum atomic E-state index is 13.4. The number of nitrogens with zero attached hydrogens (tertiary/aromatic N) is 2. The average molecular weight is 292 g/mol. The molecule has 1 heterocycles. The van der Waals surface area contributed by atoms with E-state index >= 15 is 0 Å². The molecule has 0 aliphatic heterocycles. The van der Waals surface area contributed by atoms with Crippen LogP contribution in [0.25, 0.3) is 5.69 Å². The smallest absolute Gasteiger partial charge is 0.343 e. The Labute approximate surface area is 122 Å². The second kappa shape index (κ2) is 5.20. The van der Waals surface area contributed by atoms with Crippen LogP contribution in [-0.2, 0) is 5.41 Å². The van der Waals surface area contributed by atoms with E-state index in [0.29, 0.717) is 11.4 Å². The first-order valence-electron chi connectivity index (χ1n) is 6.42. The summed E-state index contributed by atoms with van der Waals surface area (Å²) in [5, 5.41) is 13.8. The zero-order chi connectivity index (χ0) is 15.8. The fraction of sp³-hybridized carbons (Fsp3) is 0.333. The molecule has 112 valence electrons. The Kier molecular flexibility index (Phi) is 3.72. The number of rotatable bonds is 3. The lowest BCUT2D eigenvalue weighted by atomic mass is 9.89. The summed E-state index contributed by atoms with van der Waals surface area (Å²) in [5.41, 5.74) is 0.301. The van der Waals surface area contributed by atoms with Crippen molar-refractivity contribution >= 4 is 5.97 Å². The fourth-order valence-corrected chi connectivity index (χ4v) is 2.09. The van der Waals surface area contributed by atoms with E-state index in [9.17, 15) is 14.3 Å². The minimum absolute atomic E-state index is 0.00531. The van der Waals surface area contributed by atoms with Crippen LogP contribution < -0.4 is 4.74 Å². The summed E-state index contributed by atoms with van der Waals surface area (Å²) < 4.78 is 19.9. The molecule has 0 amide bonds. The lowest BCUT2D eigenvalue weighted by Crippen LogP contribution is -2.16. The molecule has 0 atom stereocenters. The third kappa shape index (κ3) is 2.74. The van der Waals surface area contributed by atoms with Crippen molar-refractivity contribution in [2.24, 2.45) is 0 Å². The van der Waals surface area contributed by atoms with Crippen molar-refractivity contribution in [3.63, 3.8) is 0 Å². The molecule has 2 rings (SSSR count). The maximum Gasteiger partial charge on any atom is 0.343 e. The van der Waals surface area contributed by atoms with Crippen LogP contribution in [0.15, 0.2) is 24.3 Å². The third-order valence-electron chi connectivity index (χ3n) is 3.01. The summed E-state index contributed by atoms with van der Waals surface area (Å²) in [6.45, 7) is 5.57. The Morgan fingerprint density at radius 3 is 2.52 bits per heavy atom. The van der Waals surface area contributed by atoms with E-state index in [1.54, 1.807) is 6.07 Å². The highest BCUT2D eigenvalue weighted by molar-refractivity contribution is 5.92. The molecule has 0 fully saturated rings. The topological polar surface area (TPSA) is 64.3 Å². The molecule has 0 radical (unpaired) electrons. The van der Waals surface area contributed by atoms with Gasteiger partial charge in [-0.2, -0.15) is 9.78 Å². The van der Waals surface area contributed by atoms with E-state index < -0.39 is 17.2 Å². The van der Waals surface area contributed by atoms with E-state index in [1.807, 2.05) is 20.8 Å². The molecule has 1 N–H and O–H groups in total. The van der Waals surface area contributed by atoms with Gasteiger partial charge < -0.3 is 9.84 Å². The molecule has 0 bridgehead atoms. The summed E-state index contributed by atoms with van der Waals surface area (Å²) in [6.07, 6.45) is 0. The van der Waals surface area contributed by atoms with Gasteiger partial charge >= 0.3 is 5.97 Å². The van der Waals surface area contributed by atoms with Crippen molar-refractivity contribution in [2.45, 2.75) is 26.2 Å². The molecule has 0 aliphatic rings. The van der Waals surface area contributed by atoms with Crippen molar-refractivity contribution in [3.8, 4) is 11.6 Å². The number of aromatic carboxylic acids is 1. The zero-order valence-corrected chi connectivity index (χ0v) is 12.3. The number of methoxy groups -OCH3 is 1. The van der Waals surface area contributed by atoms with Gasteiger partial charge in [0.2, 0.25) is 5.88 Å². The molecule has 0 spiro atoms. The normalized spacial score (nSPS) is 11.5. The maximum absolute atomic E-state index is 13.4. The molecule has 1 aromatic carbocycles. The van der Waals surface area contributed by atoms with Gasteiger partial charge in [0, 0.05) is 5.41 Å². The number of carboxylic acid groups (broad SMARTS) is 1. The van der Waals surface area contributed by atoms with Crippen LogP contribution in [-0.4, -0.2) is 28.0 Å². The second-order valence-electron chi connectivity index (χ2n) is 5.68. The van der Waals surface area contributed by atoms with Gasteiger partial charge in [-0.3, -0.25) is 0 Å². The Hall–Kier alpha value is -2.37. The van der Waals surface area contributed by atoms with Crippen molar-refractivity contribution < 1.29 is 19.0 Å². The molecule has 0 saturated heterocycles. The highest BCUT2D eigenvalue weighted by Crippen LogP contribution is 2.33. The molecule has 6 heteroatoms. The summed E-state index contributed by atoms with van der Waals surface area (Å²) >= 11 is 0. The first kappa shape index (κ1) is 15.0. The van der Waals surface area contributed by atoms with E-state index in [-0.39, 0.29) is 11.4 Å². The molecule has 5 nitrogen and oxygen atoms in total. The Morgan fingerprint density at radius 2 is 2.05 bits per heavy atom. The highest BCUT2D eigenvalue weighted by Gasteiger charge is 2.32. The van der Waals surface area contributed by atoms with Crippen LogP contribution in [0, 0.1) is 5.82 Å².